The highest BCUT2D eigenvalue weighted by molar-refractivity contribution is 7.99. The van der Waals surface area contributed by atoms with E-state index in [1.54, 1.807) is 0 Å². The number of aryl methyl sites for hydroxylation is 2. The molecule has 0 spiro atoms. The molecule has 2 heteroatoms. The molecule has 0 amide bonds. The first-order chi connectivity index (χ1) is 9.56. The molecule has 0 saturated carbocycles. The van der Waals surface area contributed by atoms with Gasteiger partial charge in [-0.05, 0) is 44.0 Å². The van der Waals surface area contributed by atoms with Crippen LogP contribution in [0.1, 0.15) is 56.3 Å². The van der Waals surface area contributed by atoms with Crippen molar-refractivity contribution >= 4 is 11.8 Å². The third kappa shape index (κ3) is 6.32. The Morgan fingerprint density at radius 3 is 2.25 bits per heavy atom. The molecule has 1 aromatic carbocycles. The summed E-state index contributed by atoms with van der Waals surface area (Å²) in [7, 11) is 0. The molecule has 0 heterocycles. The Bertz CT molecular complexity index is 369. The van der Waals surface area contributed by atoms with Crippen LogP contribution in [-0.4, -0.2) is 18.1 Å². The van der Waals surface area contributed by atoms with Gasteiger partial charge in [-0.1, -0.05) is 56.5 Å². The van der Waals surface area contributed by atoms with Crippen LogP contribution < -0.4 is 5.32 Å². The van der Waals surface area contributed by atoms with E-state index in [9.17, 15) is 0 Å². The predicted octanol–water partition coefficient (Wildman–Crippen LogP) is 5.12. The van der Waals surface area contributed by atoms with Gasteiger partial charge in [0.25, 0.3) is 0 Å². The van der Waals surface area contributed by atoms with Crippen molar-refractivity contribution < 1.29 is 0 Å². The number of thioether (sulfide) groups is 1. The van der Waals surface area contributed by atoms with Gasteiger partial charge in [0.1, 0.15) is 0 Å². The summed E-state index contributed by atoms with van der Waals surface area (Å²) in [6.07, 6.45) is 2.47. The van der Waals surface area contributed by atoms with Crippen LogP contribution in [0.3, 0.4) is 0 Å². The molecule has 1 N–H and O–H groups in total. The summed E-state index contributed by atoms with van der Waals surface area (Å²) in [5, 5.41) is 3.71. The van der Waals surface area contributed by atoms with Crippen molar-refractivity contribution in [3.05, 3.63) is 34.9 Å². The smallest absolute Gasteiger partial charge is 0.0412 e. The largest absolute Gasteiger partial charge is 0.309 e. The molecule has 2 unspecified atom stereocenters. The lowest BCUT2D eigenvalue weighted by molar-refractivity contribution is 0.575. The van der Waals surface area contributed by atoms with Crippen molar-refractivity contribution in [2.75, 3.05) is 18.1 Å². The zero-order chi connectivity index (χ0) is 15.0. The van der Waals surface area contributed by atoms with Gasteiger partial charge in [0.2, 0.25) is 0 Å². The fourth-order valence-electron chi connectivity index (χ4n) is 2.31. The van der Waals surface area contributed by atoms with Crippen LogP contribution in [0, 0.1) is 19.8 Å². The summed E-state index contributed by atoms with van der Waals surface area (Å²) in [6.45, 7) is 12.3. The Balaban J connectivity index is 2.67. The maximum Gasteiger partial charge on any atom is 0.0412 e. The number of benzene rings is 1. The van der Waals surface area contributed by atoms with Crippen molar-refractivity contribution in [3.63, 3.8) is 0 Å². The van der Waals surface area contributed by atoms with Gasteiger partial charge in [0.05, 0.1) is 0 Å². The second kappa shape index (κ2) is 9.46. The Kier molecular flexibility index (Phi) is 8.32. The molecular formula is C18H31NS. The second-order valence-corrected chi connectivity index (χ2v) is 7.05. The van der Waals surface area contributed by atoms with Crippen LogP contribution in [0.4, 0.5) is 0 Å². The SMILES string of the molecule is CCCNC(CSCC(C)CC)c1cc(C)cc(C)c1. The number of rotatable bonds is 9. The quantitative estimate of drug-likeness (QED) is 0.678. The normalized spacial score (nSPS) is 14.2. The number of hydrogen-bond donors (Lipinski definition) is 1. The summed E-state index contributed by atoms with van der Waals surface area (Å²) in [5.74, 6) is 3.27. The van der Waals surface area contributed by atoms with Gasteiger partial charge in [0.15, 0.2) is 0 Å². The van der Waals surface area contributed by atoms with Crippen molar-refractivity contribution in [2.24, 2.45) is 5.92 Å². The minimum Gasteiger partial charge on any atom is -0.309 e. The zero-order valence-corrected chi connectivity index (χ0v) is 14.6. The molecule has 0 aliphatic heterocycles. The van der Waals surface area contributed by atoms with E-state index in [1.807, 2.05) is 0 Å². The lowest BCUT2D eigenvalue weighted by atomic mass is 10.0. The maximum atomic E-state index is 3.71. The topological polar surface area (TPSA) is 12.0 Å². The van der Waals surface area contributed by atoms with E-state index in [4.69, 9.17) is 0 Å². The number of nitrogens with one attached hydrogen (secondary N) is 1. The number of hydrogen-bond acceptors (Lipinski definition) is 2. The molecule has 20 heavy (non-hydrogen) atoms. The average molecular weight is 294 g/mol. The molecular weight excluding hydrogens is 262 g/mol. The third-order valence-corrected chi connectivity index (χ3v) is 5.04. The van der Waals surface area contributed by atoms with Gasteiger partial charge >= 0.3 is 0 Å². The van der Waals surface area contributed by atoms with Crippen molar-refractivity contribution in [1.82, 2.24) is 5.32 Å². The Hall–Kier alpha value is -0.470. The van der Waals surface area contributed by atoms with Gasteiger partial charge in [-0.2, -0.15) is 11.8 Å². The van der Waals surface area contributed by atoms with E-state index in [1.165, 1.54) is 41.0 Å². The lowest BCUT2D eigenvalue weighted by Crippen LogP contribution is -2.24. The molecule has 1 nitrogen and oxygen atoms in total. The Morgan fingerprint density at radius 1 is 1.05 bits per heavy atom. The molecule has 0 saturated heterocycles. The van der Waals surface area contributed by atoms with Crippen LogP contribution in [-0.2, 0) is 0 Å². The zero-order valence-electron chi connectivity index (χ0n) is 13.8. The fraction of sp³-hybridized carbons (Fsp3) is 0.667. The maximum absolute atomic E-state index is 3.71. The van der Waals surface area contributed by atoms with Crippen LogP contribution in [0.5, 0.6) is 0 Å². The average Bonchev–Trinajstić information content (AvgIpc) is 2.41. The van der Waals surface area contributed by atoms with Gasteiger partial charge in [0, 0.05) is 11.8 Å². The van der Waals surface area contributed by atoms with E-state index < -0.39 is 0 Å². The molecule has 0 aliphatic rings. The van der Waals surface area contributed by atoms with E-state index in [0.717, 1.165) is 12.5 Å². The molecule has 0 aromatic heterocycles. The minimum absolute atomic E-state index is 0.489. The van der Waals surface area contributed by atoms with Crippen LogP contribution in [0.2, 0.25) is 0 Å². The van der Waals surface area contributed by atoms with Gasteiger partial charge in [-0.3, -0.25) is 0 Å². The first kappa shape index (κ1) is 17.6. The predicted molar refractivity (Wildman–Crippen MR) is 93.7 cm³/mol. The molecule has 1 aromatic rings. The van der Waals surface area contributed by atoms with E-state index >= 15 is 0 Å². The van der Waals surface area contributed by atoms with Crippen LogP contribution in [0.15, 0.2) is 18.2 Å². The highest BCUT2D eigenvalue weighted by atomic mass is 32.2. The standard InChI is InChI=1S/C18H31NS/c1-6-8-19-18(13-20-12-14(3)7-2)17-10-15(4)9-16(5)11-17/h9-11,14,18-19H,6-8,12-13H2,1-5H3. The van der Waals surface area contributed by atoms with Crippen LogP contribution >= 0.6 is 11.8 Å². The molecule has 1 rings (SSSR count). The van der Waals surface area contributed by atoms with E-state index in [0.29, 0.717) is 6.04 Å². The molecule has 114 valence electrons. The Morgan fingerprint density at radius 2 is 1.70 bits per heavy atom. The highest BCUT2D eigenvalue weighted by Gasteiger charge is 2.12. The fourth-order valence-corrected chi connectivity index (χ4v) is 3.63. The summed E-state index contributed by atoms with van der Waals surface area (Å²) in [6, 6.07) is 7.42. The van der Waals surface area contributed by atoms with Gasteiger partial charge < -0.3 is 5.32 Å². The summed E-state index contributed by atoms with van der Waals surface area (Å²) in [4.78, 5) is 0. The second-order valence-electron chi connectivity index (χ2n) is 5.98. The Labute approximate surface area is 129 Å². The van der Waals surface area contributed by atoms with Crippen molar-refractivity contribution in [3.8, 4) is 0 Å². The summed E-state index contributed by atoms with van der Waals surface area (Å²) in [5.41, 5.74) is 4.19. The minimum atomic E-state index is 0.489. The summed E-state index contributed by atoms with van der Waals surface area (Å²) >= 11 is 2.09. The van der Waals surface area contributed by atoms with Gasteiger partial charge in [-0.15, -0.1) is 0 Å². The van der Waals surface area contributed by atoms with Gasteiger partial charge in [-0.25, -0.2) is 0 Å². The van der Waals surface area contributed by atoms with E-state index in [2.05, 4.69) is 69.9 Å². The first-order valence-electron chi connectivity index (χ1n) is 7.96. The molecule has 0 fully saturated rings. The van der Waals surface area contributed by atoms with Crippen LogP contribution in [0.25, 0.3) is 0 Å². The molecule has 0 radical (unpaired) electrons. The lowest BCUT2D eigenvalue weighted by Gasteiger charge is -2.20. The highest BCUT2D eigenvalue weighted by Crippen LogP contribution is 2.23. The van der Waals surface area contributed by atoms with E-state index in [-0.39, 0.29) is 0 Å². The molecule has 2 atom stereocenters. The van der Waals surface area contributed by atoms with Crippen molar-refractivity contribution in [1.29, 1.82) is 0 Å². The summed E-state index contributed by atoms with van der Waals surface area (Å²) < 4.78 is 0. The third-order valence-electron chi connectivity index (χ3n) is 3.67. The first-order valence-corrected chi connectivity index (χ1v) is 9.11. The molecule has 0 bridgehead atoms. The van der Waals surface area contributed by atoms with Crippen molar-refractivity contribution in [2.45, 2.75) is 53.5 Å². The monoisotopic (exact) mass is 293 g/mol. The molecule has 0 aliphatic carbocycles.